The predicted molar refractivity (Wildman–Crippen MR) is 72.3 cm³/mol. The van der Waals surface area contributed by atoms with Crippen molar-refractivity contribution in [2.24, 2.45) is 0 Å². The molecule has 7 heteroatoms. The van der Waals surface area contributed by atoms with E-state index in [-0.39, 0.29) is 11.3 Å². The fraction of sp³-hybridized carbons (Fsp3) is 0.0769. The maximum Gasteiger partial charge on any atom is 0.342 e. The summed E-state index contributed by atoms with van der Waals surface area (Å²) in [6, 6.07) is 7.49. The van der Waals surface area contributed by atoms with Crippen LogP contribution in [0.1, 0.15) is 16.1 Å². The number of carboxylic acids is 1. The Hall–Kier alpha value is -2.96. The highest BCUT2D eigenvalue weighted by molar-refractivity contribution is 5.96. The molecule has 20 heavy (non-hydrogen) atoms. The zero-order chi connectivity index (χ0) is 14.7. The van der Waals surface area contributed by atoms with E-state index in [1.165, 1.54) is 18.2 Å². The van der Waals surface area contributed by atoms with Crippen LogP contribution < -0.4 is 5.32 Å². The van der Waals surface area contributed by atoms with Crippen LogP contribution in [0.5, 0.6) is 0 Å². The lowest BCUT2D eigenvalue weighted by Crippen LogP contribution is -2.06. The molecule has 0 aliphatic heterocycles. The summed E-state index contributed by atoms with van der Waals surface area (Å²) < 4.78 is 0. The minimum atomic E-state index is -1.34. The Bertz CT molecular complexity index is 685. The van der Waals surface area contributed by atoms with Crippen LogP contribution in [0.2, 0.25) is 0 Å². The van der Waals surface area contributed by atoms with Gasteiger partial charge in [-0.3, -0.25) is 15.1 Å². The van der Waals surface area contributed by atoms with Crippen LogP contribution in [0, 0.1) is 17.0 Å². The summed E-state index contributed by atoms with van der Waals surface area (Å²) in [4.78, 5) is 25.5. The quantitative estimate of drug-likeness (QED) is 0.655. The van der Waals surface area contributed by atoms with Gasteiger partial charge in [0.2, 0.25) is 0 Å². The molecule has 0 fully saturated rings. The number of aromatic carboxylic acids is 1. The van der Waals surface area contributed by atoms with Crippen LogP contribution >= 0.6 is 0 Å². The number of anilines is 2. The zero-order valence-electron chi connectivity index (χ0n) is 10.5. The van der Waals surface area contributed by atoms with Crippen molar-refractivity contribution in [2.45, 2.75) is 6.92 Å². The molecule has 0 aliphatic rings. The standard InChI is InChI=1S/C13H11N3O4/c1-8-10(6-3-7-14-8)15-11-5-2-4-9(13(17)18)12(11)16(19)20/h2-7,15H,1H3,(H,17,18). The minimum Gasteiger partial charge on any atom is -0.477 e. The second kappa shape index (κ2) is 5.35. The number of carboxylic acid groups (broad SMARTS) is 1. The Morgan fingerprint density at radius 1 is 1.30 bits per heavy atom. The number of nitro groups is 1. The summed E-state index contributed by atoms with van der Waals surface area (Å²) in [5.74, 6) is -1.34. The molecule has 7 nitrogen and oxygen atoms in total. The average Bonchev–Trinajstić information content (AvgIpc) is 2.40. The van der Waals surface area contributed by atoms with Crippen LogP contribution in [0.3, 0.4) is 0 Å². The SMILES string of the molecule is Cc1ncccc1Nc1cccc(C(=O)O)c1[N+](=O)[O-]. The van der Waals surface area contributed by atoms with Crippen LogP contribution in [0.25, 0.3) is 0 Å². The van der Waals surface area contributed by atoms with E-state index >= 15 is 0 Å². The van der Waals surface area contributed by atoms with Gasteiger partial charge in [0.25, 0.3) is 0 Å². The number of benzene rings is 1. The summed E-state index contributed by atoms with van der Waals surface area (Å²) >= 11 is 0. The fourth-order valence-electron chi connectivity index (χ4n) is 1.78. The number of nitrogens with one attached hydrogen (secondary N) is 1. The molecule has 2 rings (SSSR count). The molecule has 0 aliphatic carbocycles. The van der Waals surface area contributed by atoms with Gasteiger partial charge in [-0.25, -0.2) is 4.79 Å². The van der Waals surface area contributed by atoms with Gasteiger partial charge in [0.05, 0.1) is 16.3 Å². The van der Waals surface area contributed by atoms with E-state index in [1.54, 1.807) is 25.3 Å². The van der Waals surface area contributed by atoms with Gasteiger partial charge in [-0.05, 0) is 31.2 Å². The monoisotopic (exact) mass is 273 g/mol. The maximum atomic E-state index is 11.1. The zero-order valence-corrected chi connectivity index (χ0v) is 10.5. The third kappa shape index (κ3) is 2.56. The Labute approximate surface area is 114 Å². The summed E-state index contributed by atoms with van der Waals surface area (Å²) in [6.45, 7) is 1.75. The normalized spacial score (nSPS) is 10.1. The molecule has 2 N–H and O–H groups in total. The first-order valence-corrected chi connectivity index (χ1v) is 5.70. The molecule has 2 aromatic rings. The van der Waals surface area contributed by atoms with Crippen LogP contribution in [-0.4, -0.2) is 21.0 Å². The van der Waals surface area contributed by atoms with E-state index in [0.29, 0.717) is 11.4 Å². The Kier molecular flexibility index (Phi) is 3.60. The van der Waals surface area contributed by atoms with E-state index in [0.717, 1.165) is 0 Å². The summed E-state index contributed by atoms with van der Waals surface area (Å²) in [5.41, 5.74) is 0.525. The van der Waals surface area contributed by atoms with E-state index in [9.17, 15) is 14.9 Å². The number of nitro benzene ring substituents is 1. The Morgan fingerprint density at radius 3 is 2.60 bits per heavy atom. The van der Waals surface area contributed by atoms with Gasteiger partial charge in [-0.2, -0.15) is 0 Å². The third-order valence-corrected chi connectivity index (χ3v) is 2.73. The molecule has 0 atom stereocenters. The molecular weight excluding hydrogens is 262 g/mol. The molecular formula is C13H11N3O4. The number of rotatable bonds is 4. The third-order valence-electron chi connectivity index (χ3n) is 2.73. The molecule has 0 radical (unpaired) electrons. The van der Waals surface area contributed by atoms with Crippen molar-refractivity contribution in [2.75, 3.05) is 5.32 Å². The van der Waals surface area contributed by atoms with Gasteiger partial charge in [0.1, 0.15) is 11.3 Å². The Morgan fingerprint density at radius 2 is 2.00 bits per heavy atom. The molecule has 0 spiro atoms. The first kappa shape index (κ1) is 13.5. The molecule has 102 valence electrons. The smallest absolute Gasteiger partial charge is 0.342 e. The van der Waals surface area contributed by atoms with Gasteiger partial charge in [-0.15, -0.1) is 0 Å². The van der Waals surface area contributed by atoms with E-state index in [2.05, 4.69) is 10.3 Å². The van der Waals surface area contributed by atoms with Crippen molar-refractivity contribution in [1.82, 2.24) is 4.98 Å². The number of aryl methyl sites for hydroxylation is 1. The largest absolute Gasteiger partial charge is 0.477 e. The van der Waals surface area contributed by atoms with Crippen LogP contribution in [0.15, 0.2) is 36.5 Å². The topological polar surface area (TPSA) is 105 Å². The molecule has 1 aromatic heterocycles. The van der Waals surface area contributed by atoms with Crippen molar-refractivity contribution in [3.05, 3.63) is 57.9 Å². The van der Waals surface area contributed by atoms with Crippen molar-refractivity contribution in [1.29, 1.82) is 0 Å². The van der Waals surface area contributed by atoms with Crippen LogP contribution in [0.4, 0.5) is 17.1 Å². The lowest BCUT2D eigenvalue weighted by molar-refractivity contribution is -0.384. The number of carbonyl (C=O) groups is 1. The predicted octanol–water partition coefficient (Wildman–Crippen LogP) is 2.74. The number of hydrogen-bond donors (Lipinski definition) is 2. The highest BCUT2D eigenvalue weighted by atomic mass is 16.6. The fourth-order valence-corrected chi connectivity index (χ4v) is 1.78. The summed E-state index contributed by atoms with van der Waals surface area (Å²) in [6.07, 6.45) is 1.60. The van der Waals surface area contributed by atoms with E-state index in [1.807, 2.05) is 0 Å². The van der Waals surface area contributed by atoms with Gasteiger partial charge in [0, 0.05) is 6.20 Å². The molecule has 1 aromatic carbocycles. The lowest BCUT2D eigenvalue weighted by atomic mass is 10.1. The van der Waals surface area contributed by atoms with Gasteiger partial charge < -0.3 is 10.4 Å². The molecule has 0 unspecified atom stereocenters. The van der Waals surface area contributed by atoms with Crippen molar-refractivity contribution < 1.29 is 14.8 Å². The minimum absolute atomic E-state index is 0.117. The summed E-state index contributed by atoms with van der Waals surface area (Å²) in [5, 5.41) is 23.0. The van der Waals surface area contributed by atoms with Crippen molar-refractivity contribution in [3.8, 4) is 0 Å². The van der Waals surface area contributed by atoms with E-state index < -0.39 is 16.6 Å². The number of pyridine rings is 1. The first-order chi connectivity index (χ1) is 9.50. The average molecular weight is 273 g/mol. The molecule has 0 saturated carbocycles. The van der Waals surface area contributed by atoms with Crippen LogP contribution in [-0.2, 0) is 0 Å². The maximum absolute atomic E-state index is 11.1. The highest BCUT2D eigenvalue weighted by Crippen LogP contribution is 2.31. The highest BCUT2D eigenvalue weighted by Gasteiger charge is 2.24. The second-order valence-electron chi connectivity index (χ2n) is 4.03. The Balaban J connectivity index is 2.52. The first-order valence-electron chi connectivity index (χ1n) is 5.70. The molecule has 0 saturated heterocycles. The number of hydrogen-bond acceptors (Lipinski definition) is 5. The number of aromatic nitrogens is 1. The van der Waals surface area contributed by atoms with Crippen molar-refractivity contribution in [3.63, 3.8) is 0 Å². The second-order valence-corrected chi connectivity index (χ2v) is 4.03. The van der Waals surface area contributed by atoms with Gasteiger partial charge in [0.15, 0.2) is 0 Å². The number of nitrogens with zero attached hydrogens (tertiary/aromatic N) is 2. The van der Waals surface area contributed by atoms with E-state index in [4.69, 9.17) is 5.11 Å². The molecule has 1 heterocycles. The number of para-hydroxylation sites is 1. The van der Waals surface area contributed by atoms with Crippen molar-refractivity contribution >= 4 is 23.0 Å². The lowest BCUT2D eigenvalue weighted by Gasteiger charge is -2.10. The van der Waals surface area contributed by atoms with Gasteiger partial charge >= 0.3 is 11.7 Å². The molecule has 0 amide bonds. The summed E-state index contributed by atoms with van der Waals surface area (Å²) in [7, 11) is 0. The van der Waals surface area contributed by atoms with Gasteiger partial charge in [-0.1, -0.05) is 6.07 Å². The molecule has 0 bridgehead atoms.